The fraction of sp³-hybridized carbons (Fsp3) is 0.857. The molecule has 0 radical (unpaired) electrons. The summed E-state index contributed by atoms with van der Waals surface area (Å²) in [6, 6.07) is 0. The maximum Gasteiger partial charge on any atom is 0.122 e. The van der Waals surface area contributed by atoms with Crippen molar-refractivity contribution in [3.8, 4) is 0 Å². The Morgan fingerprint density at radius 1 is 1.09 bits per heavy atom. The van der Waals surface area contributed by atoms with Crippen molar-refractivity contribution in [2.75, 3.05) is 33.0 Å². The van der Waals surface area contributed by atoms with E-state index in [-0.39, 0.29) is 6.61 Å². The number of aliphatic hydroxyl groups is 1. The van der Waals surface area contributed by atoms with Gasteiger partial charge in [0, 0.05) is 6.42 Å². The molecule has 0 spiro atoms. The van der Waals surface area contributed by atoms with Gasteiger partial charge in [-0.25, -0.2) is 0 Å². The lowest BCUT2D eigenvalue weighted by Crippen LogP contribution is -2.07. The van der Waals surface area contributed by atoms with Gasteiger partial charge in [0.15, 0.2) is 0 Å². The van der Waals surface area contributed by atoms with E-state index in [2.05, 4.69) is 0 Å². The fourth-order valence-corrected chi connectivity index (χ4v) is 0.518. The van der Waals surface area contributed by atoms with E-state index in [0.29, 0.717) is 32.8 Å². The Kier molecular flexibility index (Phi) is 9.16. The van der Waals surface area contributed by atoms with Crippen molar-refractivity contribution in [2.24, 2.45) is 0 Å². The molecule has 0 bridgehead atoms. The first-order valence-corrected chi connectivity index (χ1v) is 3.61. The summed E-state index contributed by atoms with van der Waals surface area (Å²) >= 11 is 0. The molecule has 0 rings (SSSR count). The molecule has 0 unspecified atom stereocenters. The number of hydrogen-bond acceptors (Lipinski definition) is 4. The minimum atomic E-state index is 0.0360. The van der Waals surface area contributed by atoms with Crippen LogP contribution in [0.4, 0.5) is 0 Å². The summed E-state index contributed by atoms with van der Waals surface area (Å²) < 4.78 is 9.88. The maximum atomic E-state index is 9.80. The second-order valence-corrected chi connectivity index (χ2v) is 1.90. The molecule has 0 atom stereocenters. The highest BCUT2D eigenvalue weighted by molar-refractivity contribution is 5.49. The molecule has 0 aromatic carbocycles. The number of ether oxygens (including phenoxy) is 2. The third-order valence-electron chi connectivity index (χ3n) is 0.988. The zero-order chi connectivity index (χ0) is 8.36. The van der Waals surface area contributed by atoms with E-state index in [1.165, 1.54) is 0 Å². The Balaban J connectivity index is 2.74. The Morgan fingerprint density at radius 2 is 1.73 bits per heavy atom. The van der Waals surface area contributed by atoms with Crippen LogP contribution >= 0.6 is 0 Å². The van der Waals surface area contributed by atoms with Crippen molar-refractivity contribution >= 4 is 6.29 Å². The summed E-state index contributed by atoms with van der Waals surface area (Å²) in [5.74, 6) is 0. The largest absolute Gasteiger partial charge is 0.394 e. The number of aldehydes is 1. The van der Waals surface area contributed by atoms with Crippen molar-refractivity contribution in [2.45, 2.75) is 6.42 Å². The van der Waals surface area contributed by atoms with Gasteiger partial charge >= 0.3 is 0 Å². The van der Waals surface area contributed by atoms with E-state index < -0.39 is 0 Å². The molecule has 0 saturated carbocycles. The van der Waals surface area contributed by atoms with Crippen molar-refractivity contribution in [1.29, 1.82) is 0 Å². The van der Waals surface area contributed by atoms with Gasteiger partial charge in [-0.3, -0.25) is 0 Å². The summed E-state index contributed by atoms with van der Waals surface area (Å²) in [5, 5.41) is 8.29. The summed E-state index contributed by atoms with van der Waals surface area (Å²) in [6.07, 6.45) is 1.24. The third kappa shape index (κ3) is 9.55. The molecule has 0 heterocycles. The van der Waals surface area contributed by atoms with Crippen LogP contribution in [-0.4, -0.2) is 44.4 Å². The van der Waals surface area contributed by atoms with Gasteiger partial charge in [0.1, 0.15) is 6.29 Å². The molecular formula is C7H14O4. The van der Waals surface area contributed by atoms with Gasteiger partial charge in [0.05, 0.1) is 33.0 Å². The number of carbonyl (C=O) groups excluding carboxylic acids is 1. The predicted molar refractivity (Wildman–Crippen MR) is 39.4 cm³/mol. The Labute approximate surface area is 66.1 Å². The molecule has 0 aliphatic heterocycles. The van der Waals surface area contributed by atoms with Crippen LogP contribution < -0.4 is 0 Å². The van der Waals surface area contributed by atoms with Crippen LogP contribution in [-0.2, 0) is 14.3 Å². The molecule has 1 N–H and O–H groups in total. The van der Waals surface area contributed by atoms with Crippen LogP contribution in [0.3, 0.4) is 0 Å². The Morgan fingerprint density at radius 3 is 2.27 bits per heavy atom. The zero-order valence-electron chi connectivity index (χ0n) is 6.49. The predicted octanol–water partition coefficient (Wildman–Crippen LogP) is -0.399. The van der Waals surface area contributed by atoms with Crippen molar-refractivity contribution in [3.05, 3.63) is 0 Å². The van der Waals surface area contributed by atoms with Crippen LogP contribution in [0.2, 0.25) is 0 Å². The monoisotopic (exact) mass is 162 g/mol. The van der Waals surface area contributed by atoms with Crippen molar-refractivity contribution < 1.29 is 19.4 Å². The molecule has 0 aromatic rings. The number of aliphatic hydroxyl groups excluding tert-OH is 1. The zero-order valence-corrected chi connectivity index (χ0v) is 6.49. The molecule has 0 amide bonds. The SMILES string of the molecule is O=CCCOCCOCCO. The number of hydrogen-bond donors (Lipinski definition) is 1. The average molecular weight is 162 g/mol. The molecule has 0 saturated heterocycles. The van der Waals surface area contributed by atoms with Gasteiger partial charge < -0.3 is 19.4 Å². The lowest BCUT2D eigenvalue weighted by Gasteiger charge is -2.01. The first-order valence-electron chi connectivity index (χ1n) is 3.61. The second kappa shape index (κ2) is 9.55. The average Bonchev–Trinajstić information content (AvgIpc) is 2.03. The van der Waals surface area contributed by atoms with E-state index in [4.69, 9.17) is 14.6 Å². The summed E-state index contributed by atoms with van der Waals surface area (Å²) in [5.41, 5.74) is 0. The van der Waals surface area contributed by atoms with E-state index in [0.717, 1.165) is 6.29 Å². The smallest absolute Gasteiger partial charge is 0.122 e. The molecule has 0 fully saturated rings. The van der Waals surface area contributed by atoms with Crippen molar-refractivity contribution in [3.63, 3.8) is 0 Å². The van der Waals surface area contributed by atoms with Crippen LogP contribution in [0.1, 0.15) is 6.42 Å². The summed E-state index contributed by atoms with van der Waals surface area (Å²) in [7, 11) is 0. The lowest BCUT2D eigenvalue weighted by atomic mass is 10.5. The van der Waals surface area contributed by atoms with Gasteiger partial charge in [0.25, 0.3) is 0 Å². The Hall–Kier alpha value is -0.450. The van der Waals surface area contributed by atoms with Crippen LogP contribution in [0.25, 0.3) is 0 Å². The normalized spacial score (nSPS) is 9.91. The lowest BCUT2D eigenvalue weighted by molar-refractivity contribution is -0.108. The van der Waals surface area contributed by atoms with Gasteiger partial charge in [-0.15, -0.1) is 0 Å². The molecule has 4 nitrogen and oxygen atoms in total. The number of rotatable bonds is 8. The van der Waals surface area contributed by atoms with E-state index in [1.54, 1.807) is 0 Å². The highest BCUT2D eigenvalue weighted by atomic mass is 16.5. The van der Waals surface area contributed by atoms with Crippen LogP contribution in [0.5, 0.6) is 0 Å². The van der Waals surface area contributed by atoms with Crippen molar-refractivity contribution in [1.82, 2.24) is 0 Å². The van der Waals surface area contributed by atoms with E-state index >= 15 is 0 Å². The molecule has 0 aliphatic carbocycles. The van der Waals surface area contributed by atoms with E-state index in [1.807, 2.05) is 0 Å². The highest BCUT2D eigenvalue weighted by Crippen LogP contribution is 1.80. The Bertz CT molecular complexity index is 84.5. The summed E-state index contributed by atoms with van der Waals surface area (Å²) in [6.45, 7) is 1.78. The quantitative estimate of drug-likeness (QED) is 0.390. The molecule has 4 heteroatoms. The molecule has 66 valence electrons. The topological polar surface area (TPSA) is 55.8 Å². The van der Waals surface area contributed by atoms with Gasteiger partial charge in [-0.1, -0.05) is 0 Å². The van der Waals surface area contributed by atoms with Crippen LogP contribution in [0.15, 0.2) is 0 Å². The molecular weight excluding hydrogens is 148 g/mol. The minimum Gasteiger partial charge on any atom is -0.394 e. The van der Waals surface area contributed by atoms with Gasteiger partial charge in [-0.2, -0.15) is 0 Å². The molecule has 11 heavy (non-hydrogen) atoms. The number of carbonyl (C=O) groups is 1. The minimum absolute atomic E-state index is 0.0360. The molecule has 0 aromatic heterocycles. The highest BCUT2D eigenvalue weighted by Gasteiger charge is 1.87. The third-order valence-corrected chi connectivity index (χ3v) is 0.988. The van der Waals surface area contributed by atoms with Gasteiger partial charge in [-0.05, 0) is 0 Å². The fourth-order valence-electron chi connectivity index (χ4n) is 0.518. The second-order valence-electron chi connectivity index (χ2n) is 1.90. The maximum absolute atomic E-state index is 9.80. The molecule has 0 aliphatic rings. The first kappa shape index (κ1) is 10.6. The first-order chi connectivity index (χ1) is 5.41. The van der Waals surface area contributed by atoms with Crippen LogP contribution in [0, 0.1) is 0 Å². The summed E-state index contributed by atoms with van der Waals surface area (Å²) in [4.78, 5) is 9.80. The standard InChI is InChI=1S/C7H14O4/c8-2-1-4-10-6-7-11-5-3-9/h2,9H,1,3-7H2. The van der Waals surface area contributed by atoms with E-state index in [9.17, 15) is 4.79 Å². The van der Waals surface area contributed by atoms with Gasteiger partial charge in [0.2, 0.25) is 0 Å².